The van der Waals surface area contributed by atoms with Gasteiger partial charge in [-0.2, -0.15) is 11.3 Å². The molecule has 1 fully saturated rings. The summed E-state index contributed by atoms with van der Waals surface area (Å²) in [4.78, 5) is 14.7. The van der Waals surface area contributed by atoms with Crippen molar-refractivity contribution in [2.45, 2.75) is 25.4 Å². The standard InChI is InChI=1S/C16H18N2O2S/c1-20-15-7-12(6-13(17)8-15)16(19)18(14-2-3-14)9-11-4-5-21-10-11/h4-8,10,14H,2-3,9,17H2,1H3. The molecule has 0 unspecified atom stereocenters. The zero-order chi connectivity index (χ0) is 14.8. The molecule has 0 atom stereocenters. The van der Waals surface area contributed by atoms with Crippen molar-refractivity contribution in [1.82, 2.24) is 4.90 Å². The van der Waals surface area contributed by atoms with Gasteiger partial charge in [-0.05, 0) is 47.4 Å². The summed E-state index contributed by atoms with van der Waals surface area (Å²) in [6, 6.07) is 7.60. The lowest BCUT2D eigenvalue weighted by atomic mass is 10.1. The van der Waals surface area contributed by atoms with E-state index in [1.807, 2.05) is 10.3 Å². The molecule has 110 valence electrons. The van der Waals surface area contributed by atoms with E-state index in [4.69, 9.17) is 10.5 Å². The number of hydrogen-bond donors (Lipinski definition) is 1. The van der Waals surface area contributed by atoms with Crippen LogP contribution in [0.1, 0.15) is 28.8 Å². The molecule has 1 heterocycles. The number of thiophene rings is 1. The van der Waals surface area contributed by atoms with E-state index < -0.39 is 0 Å². The number of methoxy groups -OCH3 is 1. The van der Waals surface area contributed by atoms with Gasteiger partial charge in [0, 0.05) is 29.9 Å². The second-order valence-electron chi connectivity index (χ2n) is 5.29. The van der Waals surface area contributed by atoms with Gasteiger partial charge in [-0.1, -0.05) is 0 Å². The fourth-order valence-electron chi connectivity index (χ4n) is 2.36. The molecule has 2 aromatic rings. The van der Waals surface area contributed by atoms with Crippen molar-refractivity contribution in [3.05, 3.63) is 46.2 Å². The minimum absolute atomic E-state index is 0.0225. The smallest absolute Gasteiger partial charge is 0.254 e. The first-order valence-electron chi connectivity index (χ1n) is 6.94. The maximum atomic E-state index is 12.8. The lowest BCUT2D eigenvalue weighted by Crippen LogP contribution is -2.32. The lowest BCUT2D eigenvalue weighted by molar-refractivity contribution is 0.0730. The quantitative estimate of drug-likeness (QED) is 0.863. The average Bonchev–Trinajstić information content (AvgIpc) is 3.20. The van der Waals surface area contributed by atoms with E-state index in [2.05, 4.69) is 11.4 Å². The zero-order valence-electron chi connectivity index (χ0n) is 11.9. The van der Waals surface area contributed by atoms with Crippen LogP contribution in [0.4, 0.5) is 5.69 Å². The molecule has 21 heavy (non-hydrogen) atoms. The number of nitrogens with two attached hydrogens (primary N) is 1. The van der Waals surface area contributed by atoms with Crippen LogP contribution < -0.4 is 10.5 Å². The summed E-state index contributed by atoms with van der Waals surface area (Å²) in [7, 11) is 1.58. The van der Waals surface area contributed by atoms with Crippen LogP contribution in [0.5, 0.6) is 5.75 Å². The van der Waals surface area contributed by atoms with Gasteiger partial charge in [0.15, 0.2) is 0 Å². The monoisotopic (exact) mass is 302 g/mol. The van der Waals surface area contributed by atoms with E-state index in [0.717, 1.165) is 12.8 Å². The van der Waals surface area contributed by atoms with Gasteiger partial charge in [0.05, 0.1) is 7.11 Å². The normalized spacial score (nSPS) is 14.0. The second kappa shape index (κ2) is 5.77. The first-order valence-corrected chi connectivity index (χ1v) is 7.88. The first-order chi connectivity index (χ1) is 10.2. The van der Waals surface area contributed by atoms with Crippen molar-refractivity contribution < 1.29 is 9.53 Å². The SMILES string of the molecule is COc1cc(N)cc(C(=O)N(Cc2ccsc2)C2CC2)c1. The number of nitrogens with zero attached hydrogens (tertiary/aromatic N) is 1. The molecule has 1 aromatic heterocycles. The fraction of sp³-hybridized carbons (Fsp3) is 0.312. The van der Waals surface area contributed by atoms with Gasteiger partial charge < -0.3 is 15.4 Å². The van der Waals surface area contributed by atoms with Gasteiger partial charge in [0.2, 0.25) is 0 Å². The highest BCUT2D eigenvalue weighted by Crippen LogP contribution is 2.31. The van der Waals surface area contributed by atoms with Crippen LogP contribution in [0, 0.1) is 0 Å². The number of carbonyl (C=O) groups is 1. The van der Waals surface area contributed by atoms with Crippen molar-refractivity contribution in [2.24, 2.45) is 0 Å². The van der Waals surface area contributed by atoms with E-state index in [-0.39, 0.29) is 5.91 Å². The van der Waals surface area contributed by atoms with Gasteiger partial charge in [-0.25, -0.2) is 0 Å². The van der Waals surface area contributed by atoms with E-state index in [1.54, 1.807) is 36.6 Å². The van der Waals surface area contributed by atoms with Gasteiger partial charge in [0.25, 0.3) is 5.91 Å². The molecule has 0 saturated heterocycles. The Hall–Kier alpha value is -2.01. The van der Waals surface area contributed by atoms with Crippen molar-refractivity contribution in [3.8, 4) is 5.75 Å². The predicted molar refractivity (Wildman–Crippen MR) is 84.6 cm³/mol. The molecule has 1 amide bonds. The molecule has 5 heteroatoms. The number of amides is 1. The summed E-state index contributed by atoms with van der Waals surface area (Å²) in [6.45, 7) is 0.657. The van der Waals surface area contributed by atoms with Crippen LogP contribution in [-0.2, 0) is 6.54 Å². The van der Waals surface area contributed by atoms with Gasteiger partial charge in [0.1, 0.15) is 5.75 Å². The molecule has 1 aliphatic carbocycles. The number of hydrogen-bond acceptors (Lipinski definition) is 4. The molecule has 1 aliphatic rings. The number of rotatable bonds is 5. The molecular formula is C16H18N2O2S. The molecule has 0 spiro atoms. The third kappa shape index (κ3) is 3.19. The van der Waals surface area contributed by atoms with Crippen molar-refractivity contribution >= 4 is 22.9 Å². The van der Waals surface area contributed by atoms with Crippen LogP contribution >= 0.6 is 11.3 Å². The van der Waals surface area contributed by atoms with Crippen LogP contribution in [0.25, 0.3) is 0 Å². The summed E-state index contributed by atoms with van der Waals surface area (Å²) < 4.78 is 5.20. The van der Waals surface area contributed by atoms with Crippen LogP contribution in [0.2, 0.25) is 0 Å². The Kier molecular flexibility index (Phi) is 3.84. The maximum Gasteiger partial charge on any atom is 0.254 e. The molecule has 1 aromatic carbocycles. The van der Waals surface area contributed by atoms with E-state index in [0.29, 0.717) is 29.6 Å². The Morgan fingerprint density at radius 2 is 2.24 bits per heavy atom. The molecule has 0 bridgehead atoms. The minimum atomic E-state index is 0.0225. The van der Waals surface area contributed by atoms with E-state index >= 15 is 0 Å². The van der Waals surface area contributed by atoms with Crippen molar-refractivity contribution in [2.75, 3.05) is 12.8 Å². The lowest BCUT2D eigenvalue weighted by Gasteiger charge is -2.22. The van der Waals surface area contributed by atoms with Crippen LogP contribution in [0.15, 0.2) is 35.0 Å². The van der Waals surface area contributed by atoms with Gasteiger partial charge >= 0.3 is 0 Å². The molecule has 4 nitrogen and oxygen atoms in total. The average molecular weight is 302 g/mol. The summed E-state index contributed by atoms with van der Waals surface area (Å²) in [5, 5.41) is 4.12. The largest absolute Gasteiger partial charge is 0.497 e. The molecule has 0 radical (unpaired) electrons. The minimum Gasteiger partial charge on any atom is -0.497 e. The predicted octanol–water partition coefficient (Wildman–Crippen LogP) is 3.14. The Balaban J connectivity index is 1.85. The molecule has 3 rings (SSSR count). The third-order valence-electron chi connectivity index (χ3n) is 3.59. The van der Waals surface area contributed by atoms with Crippen LogP contribution in [-0.4, -0.2) is 24.0 Å². The molecule has 1 saturated carbocycles. The summed E-state index contributed by atoms with van der Waals surface area (Å²) >= 11 is 1.65. The third-order valence-corrected chi connectivity index (χ3v) is 4.33. The number of anilines is 1. The highest BCUT2D eigenvalue weighted by Gasteiger charge is 2.33. The highest BCUT2D eigenvalue weighted by molar-refractivity contribution is 7.07. The van der Waals surface area contributed by atoms with Gasteiger partial charge in [-0.3, -0.25) is 4.79 Å². The van der Waals surface area contributed by atoms with E-state index in [9.17, 15) is 4.79 Å². The Morgan fingerprint density at radius 3 is 2.86 bits per heavy atom. The summed E-state index contributed by atoms with van der Waals surface area (Å²) in [5.41, 5.74) is 8.17. The summed E-state index contributed by atoms with van der Waals surface area (Å²) in [5.74, 6) is 0.638. The zero-order valence-corrected chi connectivity index (χ0v) is 12.7. The Labute approximate surface area is 128 Å². The maximum absolute atomic E-state index is 12.8. The van der Waals surface area contributed by atoms with Gasteiger partial charge in [-0.15, -0.1) is 0 Å². The van der Waals surface area contributed by atoms with Crippen molar-refractivity contribution in [3.63, 3.8) is 0 Å². The first kappa shape index (κ1) is 13.9. The number of ether oxygens (including phenoxy) is 1. The fourth-order valence-corrected chi connectivity index (χ4v) is 3.02. The Morgan fingerprint density at radius 1 is 1.43 bits per heavy atom. The van der Waals surface area contributed by atoms with Crippen molar-refractivity contribution in [1.29, 1.82) is 0 Å². The number of benzene rings is 1. The number of nitrogen functional groups attached to an aromatic ring is 1. The Bertz CT molecular complexity index is 636. The number of carbonyl (C=O) groups excluding carboxylic acids is 1. The van der Waals surface area contributed by atoms with E-state index in [1.165, 1.54) is 5.56 Å². The molecule has 2 N–H and O–H groups in total. The second-order valence-corrected chi connectivity index (χ2v) is 6.07. The molecule has 0 aliphatic heterocycles. The summed E-state index contributed by atoms with van der Waals surface area (Å²) in [6.07, 6.45) is 2.16. The van der Waals surface area contributed by atoms with Crippen LogP contribution in [0.3, 0.4) is 0 Å². The topological polar surface area (TPSA) is 55.6 Å². The molecular weight excluding hydrogens is 284 g/mol. The highest BCUT2D eigenvalue weighted by atomic mass is 32.1.